The molecule has 4 aromatic carbocycles. The zero-order chi connectivity index (χ0) is 22.0. The van der Waals surface area contributed by atoms with Crippen molar-refractivity contribution in [3.05, 3.63) is 90.0 Å². The molecule has 5 N–H and O–H groups in total. The lowest BCUT2D eigenvalue weighted by Gasteiger charge is -2.14. The standard InChI is InChI=1S/C26H18O5/c27-19-8-6-17(7-9-19)21-11-13-23(29)22(26(21)18-2-1-3-20(28)15-18)10-4-16-5-12-24(30)25(31)14-16/h1-3,5-9,11-15,27-31H. The van der Waals surface area contributed by atoms with Crippen molar-refractivity contribution in [1.29, 1.82) is 0 Å². The van der Waals surface area contributed by atoms with E-state index in [1.165, 1.54) is 18.2 Å². The number of phenolic OH excluding ortho intramolecular Hbond substituents is 5. The highest BCUT2D eigenvalue weighted by molar-refractivity contribution is 5.90. The summed E-state index contributed by atoms with van der Waals surface area (Å²) < 4.78 is 0. The first kappa shape index (κ1) is 19.7. The lowest BCUT2D eigenvalue weighted by molar-refractivity contribution is 0.403. The zero-order valence-corrected chi connectivity index (χ0v) is 16.2. The largest absolute Gasteiger partial charge is 0.508 e. The summed E-state index contributed by atoms with van der Waals surface area (Å²) in [5.41, 5.74) is 3.59. The fraction of sp³-hybridized carbons (Fsp3) is 0. The van der Waals surface area contributed by atoms with Gasteiger partial charge < -0.3 is 25.5 Å². The summed E-state index contributed by atoms with van der Waals surface area (Å²) in [5, 5.41) is 49.5. The number of aromatic hydroxyl groups is 5. The van der Waals surface area contributed by atoms with E-state index in [9.17, 15) is 25.5 Å². The third kappa shape index (κ3) is 4.09. The predicted molar refractivity (Wildman–Crippen MR) is 118 cm³/mol. The number of rotatable bonds is 2. The molecule has 0 bridgehead atoms. The molecule has 0 aliphatic rings. The second-order valence-electron chi connectivity index (χ2n) is 6.93. The van der Waals surface area contributed by atoms with E-state index >= 15 is 0 Å². The van der Waals surface area contributed by atoms with Crippen molar-refractivity contribution >= 4 is 0 Å². The van der Waals surface area contributed by atoms with Gasteiger partial charge in [-0.05, 0) is 71.3 Å². The molecule has 0 atom stereocenters. The summed E-state index contributed by atoms with van der Waals surface area (Å²) in [5.74, 6) is 5.48. The zero-order valence-electron chi connectivity index (χ0n) is 16.2. The Morgan fingerprint density at radius 2 is 1.26 bits per heavy atom. The van der Waals surface area contributed by atoms with Crippen molar-refractivity contribution in [2.24, 2.45) is 0 Å². The van der Waals surface area contributed by atoms with Crippen LogP contribution in [0.15, 0.2) is 78.9 Å². The Kier molecular flexibility index (Phi) is 5.13. The Labute approximate surface area is 178 Å². The lowest BCUT2D eigenvalue weighted by atomic mass is 9.89. The highest BCUT2D eigenvalue weighted by Gasteiger charge is 2.16. The number of phenols is 5. The van der Waals surface area contributed by atoms with Gasteiger partial charge in [0.1, 0.15) is 17.2 Å². The van der Waals surface area contributed by atoms with Crippen molar-refractivity contribution in [3.63, 3.8) is 0 Å². The van der Waals surface area contributed by atoms with E-state index in [4.69, 9.17) is 0 Å². The molecule has 5 heteroatoms. The highest BCUT2D eigenvalue weighted by atomic mass is 16.3. The van der Waals surface area contributed by atoms with Crippen LogP contribution in [0.3, 0.4) is 0 Å². The van der Waals surface area contributed by atoms with Gasteiger partial charge >= 0.3 is 0 Å². The second kappa shape index (κ2) is 8.05. The van der Waals surface area contributed by atoms with Gasteiger partial charge in [0.2, 0.25) is 0 Å². The molecule has 31 heavy (non-hydrogen) atoms. The van der Waals surface area contributed by atoms with Gasteiger partial charge in [-0.3, -0.25) is 0 Å². The maximum Gasteiger partial charge on any atom is 0.158 e. The van der Waals surface area contributed by atoms with Crippen LogP contribution in [0.4, 0.5) is 0 Å². The molecule has 0 aromatic heterocycles. The fourth-order valence-electron chi connectivity index (χ4n) is 3.30. The summed E-state index contributed by atoms with van der Waals surface area (Å²) in [6, 6.07) is 20.8. The lowest BCUT2D eigenvalue weighted by Crippen LogP contribution is -1.91. The van der Waals surface area contributed by atoms with Crippen molar-refractivity contribution in [1.82, 2.24) is 0 Å². The average Bonchev–Trinajstić information content (AvgIpc) is 2.75. The molecule has 0 unspecified atom stereocenters. The Morgan fingerprint density at radius 1 is 0.516 bits per heavy atom. The minimum Gasteiger partial charge on any atom is -0.508 e. The molecule has 0 saturated heterocycles. The molecule has 0 aliphatic heterocycles. The summed E-state index contributed by atoms with van der Waals surface area (Å²) in [4.78, 5) is 0. The van der Waals surface area contributed by atoms with E-state index < -0.39 is 0 Å². The fourth-order valence-corrected chi connectivity index (χ4v) is 3.30. The van der Waals surface area contributed by atoms with Crippen molar-refractivity contribution in [2.45, 2.75) is 0 Å². The third-order valence-corrected chi connectivity index (χ3v) is 4.80. The first-order valence-corrected chi connectivity index (χ1v) is 9.41. The molecule has 152 valence electrons. The number of hydrogen-bond acceptors (Lipinski definition) is 5. The van der Waals surface area contributed by atoms with Crippen LogP contribution in [0.1, 0.15) is 11.1 Å². The van der Waals surface area contributed by atoms with Crippen LogP contribution < -0.4 is 0 Å². The molecule has 4 rings (SSSR count). The summed E-state index contributed by atoms with van der Waals surface area (Å²) >= 11 is 0. The smallest absolute Gasteiger partial charge is 0.158 e. The van der Waals surface area contributed by atoms with Crippen LogP contribution in [-0.4, -0.2) is 25.5 Å². The summed E-state index contributed by atoms with van der Waals surface area (Å²) in [6.07, 6.45) is 0. The SMILES string of the molecule is Oc1ccc(-c2ccc(O)c(C#Cc3ccc(O)c(O)c3)c2-c2cccc(O)c2)cc1. The van der Waals surface area contributed by atoms with Crippen molar-refractivity contribution in [2.75, 3.05) is 0 Å². The molecule has 4 aromatic rings. The molecule has 0 saturated carbocycles. The van der Waals surface area contributed by atoms with Crippen molar-refractivity contribution in [3.8, 4) is 62.8 Å². The van der Waals surface area contributed by atoms with Gasteiger partial charge in [-0.2, -0.15) is 0 Å². The van der Waals surface area contributed by atoms with Crippen LogP contribution >= 0.6 is 0 Å². The van der Waals surface area contributed by atoms with E-state index in [1.54, 1.807) is 60.7 Å². The Morgan fingerprint density at radius 3 is 1.97 bits per heavy atom. The third-order valence-electron chi connectivity index (χ3n) is 4.80. The van der Waals surface area contributed by atoms with Gasteiger partial charge in [-0.25, -0.2) is 0 Å². The van der Waals surface area contributed by atoms with E-state index in [2.05, 4.69) is 11.8 Å². The Balaban J connectivity index is 1.96. The molecule has 0 radical (unpaired) electrons. The molecule has 0 spiro atoms. The van der Waals surface area contributed by atoms with Gasteiger partial charge in [0.05, 0.1) is 5.56 Å². The normalized spacial score (nSPS) is 10.3. The van der Waals surface area contributed by atoms with Crippen LogP contribution in [0, 0.1) is 11.8 Å². The molecular formula is C26H18O5. The Hall–Kier alpha value is -4.56. The van der Waals surface area contributed by atoms with E-state index in [1.807, 2.05) is 0 Å². The topological polar surface area (TPSA) is 101 Å². The molecule has 5 nitrogen and oxygen atoms in total. The summed E-state index contributed by atoms with van der Waals surface area (Å²) in [7, 11) is 0. The first-order valence-electron chi connectivity index (χ1n) is 9.41. The summed E-state index contributed by atoms with van der Waals surface area (Å²) in [6.45, 7) is 0. The minimum absolute atomic E-state index is 0.0450. The van der Waals surface area contributed by atoms with Crippen LogP contribution in [0.25, 0.3) is 22.3 Å². The monoisotopic (exact) mass is 410 g/mol. The maximum atomic E-state index is 10.6. The van der Waals surface area contributed by atoms with E-state index in [-0.39, 0.29) is 28.7 Å². The van der Waals surface area contributed by atoms with Crippen LogP contribution in [0.5, 0.6) is 28.7 Å². The van der Waals surface area contributed by atoms with E-state index in [0.29, 0.717) is 22.3 Å². The molecule has 0 fully saturated rings. The maximum absolute atomic E-state index is 10.6. The number of hydrogen-bond donors (Lipinski definition) is 5. The molecule has 0 heterocycles. The van der Waals surface area contributed by atoms with Gasteiger partial charge in [-0.15, -0.1) is 0 Å². The molecule has 0 aliphatic carbocycles. The average molecular weight is 410 g/mol. The molecule has 0 amide bonds. The van der Waals surface area contributed by atoms with Gasteiger partial charge in [0.25, 0.3) is 0 Å². The second-order valence-corrected chi connectivity index (χ2v) is 6.93. The minimum atomic E-state index is -0.290. The van der Waals surface area contributed by atoms with Crippen LogP contribution in [0.2, 0.25) is 0 Å². The highest BCUT2D eigenvalue weighted by Crippen LogP contribution is 2.40. The predicted octanol–water partition coefficient (Wildman–Crippen LogP) is 4.95. The van der Waals surface area contributed by atoms with Gasteiger partial charge in [0.15, 0.2) is 11.5 Å². The number of benzene rings is 4. The van der Waals surface area contributed by atoms with Crippen molar-refractivity contribution < 1.29 is 25.5 Å². The van der Waals surface area contributed by atoms with Gasteiger partial charge in [0, 0.05) is 11.1 Å². The first-order chi connectivity index (χ1) is 14.9. The molecular weight excluding hydrogens is 392 g/mol. The Bertz CT molecular complexity index is 1330. The van der Waals surface area contributed by atoms with E-state index in [0.717, 1.165) is 11.1 Å². The van der Waals surface area contributed by atoms with Gasteiger partial charge in [-0.1, -0.05) is 36.1 Å². The van der Waals surface area contributed by atoms with Crippen LogP contribution in [-0.2, 0) is 0 Å². The quantitative estimate of drug-likeness (QED) is 0.238.